The number of oxazole rings is 1. The van der Waals surface area contributed by atoms with E-state index < -0.39 is 0 Å². The van der Waals surface area contributed by atoms with Crippen molar-refractivity contribution in [1.82, 2.24) is 4.98 Å². The second-order valence-corrected chi connectivity index (χ2v) is 2.48. The van der Waals surface area contributed by atoms with Crippen LogP contribution >= 0.6 is 11.8 Å². The third-order valence-corrected chi connectivity index (χ3v) is 1.63. The lowest BCUT2D eigenvalue weighted by Crippen LogP contribution is -2.12. The van der Waals surface area contributed by atoms with Crippen LogP contribution in [0.3, 0.4) is 0 Å². The van der Waals surface area contributed by atoms with Gasteiger partial charge in [-0.3, -0.25) is 4.79 Å². The van der Waals surface area contributed by atoms with Gasteiger partial charge >= 0.3 is 0 Å². The van der Waals surface area contributed by atoms with Gasteiger partial charge in [-0.05, 0) is 0 Å². The number of nitrogens with two attached hydrogens (primary N) is 1. The highest BCUT2D eigenvalue weighted by atomic mass is 32.2. The molecule has 1 amide bonds. The number of carbonyl (C=O) groups excluding carboxylic acids is 1. The molecule has 1 aromatic rings. The van der Waals surface area contributed by atoms with Crippen LogP contribution in [0.5, 0.6) is 0 Å². The summed E-state index contributed by atoms with van der Waals surface area (Å²) >= 11 is 1.18. The molecule has 5 heteroatoms. The van der Waals surface area contributed by atoms with E-state index in [0.717, 1.165) is 0 Å². The first-order valence-electron chi connectivity index (χ1n) is 2.59. The Morgan fingerprint density at radius 2 is 2.70 bits per heavy atom. The molecule has 1 rings (SSSR count). The second-order valence-electron chi connectivity index (χ2n) is 1.55. The number of hydrogen-bond donors (Lipinski definition) is 1. The first kappa shape index (κ1) is 7.14. The minimum absolute atomic E-state index is 0.209. The average Bonchev–Trinajstić information content (AvgIpc) is 2.34. The van der Waals surface area contributed by atoms with Crippen molar-refractivity contribution in [3.8, 4) is 0 Å². The van der Waals surface area contributed by atoms with Crippen LogP contribution < -0.4 is 5.73 Å². The molecule has 0 fully saturated rings. The molecule has 0 bridgehead atoms. The van der Waals surface area contributed by atoms with Crippen LogP contribution in [-0.2, 0) is 4.79 Å². The molecule has 0 spiro atoms. The van der Waals surface area contributed by atoms with Crippen molar-refractivity contribution in [3.05, 3.63) is 12.5 Å². The van der Waals surface area contributed by atoms with E-state index in [0.29, 0.717) is 5.22 Å². The van der Waals surface area contributed by atoms with Gasteiger partial charge in [0.15, 0.2) is 0 Å². The monoisotopic (exact) mass is 158 g/mol. The molecule has 0 aliphatic carbocycles. The van der Waals surface area contributed by atoms with Gasteiger partial charge in [-0.25, -0.2) is 4.98 Å². The summed E-state index contributed by atoms with van der Waals surface area (Å²) in [5.74, 6) is -0.163. The third-order valence-electron chi connectivity index (χ3n) is 0.748. The molecule has 10 heavy (non-hydrogen) atoms. The van der Waals surface area contributed by atoms with E-state index in [9.17, 15) is 4.79 Å². The van der Waals surface area contributed by atoms with Gasteiger partial charge < -0.3 is 10.2 Å². The molecular weight excluding hydrogens is 152 g/mol. The van der Waals surface area contributed by atoms with Crippen LogP contribution in [-0.4, -0.2) is 16.6 Å². The lowest BCUT2D eigenvalue weighted by Gasteiger charge is -1.88. The molecule has 0 aromatic carbocycles. The number of thioether (sulfide) groups is 1. The summed E-state index contributed by atoms with van der Waals surface area (Å²) in [6, 6.07) is 0. The van der Waals surface area contributed by atoms with Gasteiger partial charge in [0.05, 0.1) is 11.9 Å². The van der Waals surface area contributed by atoms with Crippen LogP contribution in [0.4, 0.5) is 0 Å². The molecule has 2 N–H and O–H groups in total. The summed E-state index contributed by atoms with van der Waals surface area (Å²) in [7, 11) is 0. The number of rotatable bonds is 3. The molecule has 1 aromatic heterocycles. The summed E-state index contributed by atoms with van der Waals surface area (Å²) < 4.78 is 4.83. The molecule has 0 aliphatic rings. The van der Waals surface area contributed by atoms with Gasteiger partial charge in [-0.15, -0.1) is 0 Å². The highest BCUT2D eigenvalue weighted by molar-refractivity contribution is 7.99. The van der Waals surface area contributed by atoms with E-state index in [4.69, 9.17) is 10.2 Å². The maximum atomic E-state index is 10.2. The summed E-state index contributed by atoms with van der Waals surface area (Å²) in [5.41, 5.74) is 4.88. The van der Waals surface area contributed by atoms with E-state index >= 15 is 0 Å². The summed E-state index contributed by atoms with van der Waals surface area (Å²) in [6.07, 6.45) is 2.96. The number of carbonyl (C=O) groups is 1. The van der Waals surface area contributed by atoms with E-state index in [1.807, 2.05) is 0 Å². The smallest absolute Gasteiger partial charge is 0.256 e. The van der Waals surface area contributed by atoms with Gasteiger partial charge in [-0.2, -0.15) is 0 Å². The highest BCUT2D eigenvalue weighted by Crippen LogP contribution is 2.12. The Balaban J connectivity index is 2.35. The number of aromatic nitrogens is 1. The van der Waals surface area contributed by atoms with Gasteiger partial charge in [0.25, 0.3) is 5.22 Å². The molecule has 54 valence electrons. The first-order valence-corrected chi connectivity index (χ1v) is 3.58. The molecule has 0 aliphatic heterocycles. The minimum atomic E-state index is -0.372. The fraction of sp³-hybridized carbons (Fsp3) is 0.200. The summed E-state index contributed by atoms with van der Waals surface area (Å²) in [4.78, 5) is 14.0. The van der Waals surface area contributed by atoms with Gasteiger partial charge in [0.2, 0.25) is 5.91 Å². The van der Waals surface area contributed by atoms with Crippen LogP contribution in [0.2, 0.25) is 0 Å². The SMILES string of the molecule is NC(=O)CSc1ncco1. The lowest BCUT2D eigenvalue weighted by molar-refractivity contribution is -0.115. The average molecular weight is 158 g/mol. The Kier molecular flexibility index (Phi) is 2.33. The third kappa shape index (κ3) is 2.10. The van der Waals surface area contributed by atoms with E-state index in [2.05, 4.69) is 4.98 Å². The topological polar surface area (TPSA) is 69.1 Å². The van der Waals surface area contributed by atoms with E-state index in [-0.39, 0.29) is 11.7 Å². The molecule has 0 unspecified atom stereocenters. The molecular formula is C5H6N2O2S. The van der Waals surface area contributed by atoms with Crippen LogP contribution in [0.1, 0.15) is 0 Å². The maximum absolute atomic E-state index is 10.2. The number of primary amides is 1. The van der Waals surface area contributed by atoms with Crippen molar-refractivity contribution in [3.63, 3.8) is 0 Å². The molecule has 4 nitrogen and oxygen atoms in total. The molecule has 0 radical (unpaired) electrons. The Hall–Kier alpha value is -0.970. The Morgan fingerprint density at radius 3 is 3.20 bits per heavy atom. The summed E-state index contributed by atoms with van der Waals surface area (Å²) in [5, 5.41) is 0.471. The van der Waals surface area contributed by atoms with Crippen LogP contribution in [0.25, 0.3) is 0 Å². The largest absolute Gasteiger partial charge is 0.440 e. The predicted octanol–water partition coefficient (Wildman–Crippen LogP) is 0.252. The first-order chi connectivity index (χ1) is 4.79. The summed E-state index contributed by atoms with van der Waals surface area (Å²) in [6.45, 7) is 0. The fourth-order valence-electron chi connectivity index (χ4n) is 0.415. The molecule has 0 saturated carbocycles. The van der Waals surface area contributed by atoms with E-state index in [1.54, 1.807) is 0 Å². The van der Waals surface area contributed by atoms with Gasteiger partial charge in [0.1, 0.15) is 6.26 Å². The van der Waals surface area contributed by atoms with Crippen LogP contribution in [0.15, 0.2) is 22.1 Å². The molecule has 0 atom stereocenters. The quantitative estimate of drug-likeness (QED) is 0.640. The predicted molar refractivity (Wildman–Crippen MR) is 36.4 cm³/mol. The normalized spacial score (nSPS) is 9.60. The zero-order valence-corrected chi connectivity index (χ0v) is 5.93. The molecule has 1 heterocycles. The van der Waals surface area contributed by atoms with Crippen molar-refractivity contribution in [2.45, 2.75) is 5.22 Å². The van der Waals surface area contributed by atoms with Gasteiger partial charge in [-0.1, -0.05) is 11.8 Å². The van der Waals surface area contributed by atoms with E-state index in [1.165, 1.54) is 24.2 Å². The van der Waals surface area contributed by atoms with Crippen LogP contribution in [0, 0.1) is 0 Å². The zero-order valence-electron chi connectivity index (χ0n) is 5.11. The number of amides is 1. The highest BCUT2D eigenvalue weighted by Gasteiger charge is 1.99. The minimum Gasteiger partial charge on any atom is -0.440 e. The second kappa shape index (κ2) is 3.26. The number of nitrogens with zero attached hydrogens (tertiary/aromatic N) is 1. The van der Waals surface area contributed by atoms with Crippen molar-refractivity contribution >= 4 is 17.7 Å². The lowest BCUT2D eigenvalue weighted by atomic mass is 10.8. The Bertz CT molecular complexity index is 209. The maximum Gasteiger partial charge on any atom is 0.256 e. The van der Waals surface area contributed by atoms with Crippen molar-refractivity contribution in [2.75, 3.05) is 5.75 Å². The standard InChI is InChI=1S/C5H6N2O2S/c6-4(8)3-10-5-7-1-2-9-5/h1-2H,3H2,(H2,6,8). The zero-order chi connectivity index (χ0) is 7.40. The Morgan fingerprint density at radius 1 is 1.90 bits per heavy atom. The molecule has 0 saturated heterocycles. The van der Waals surface area contributed by atoms with Crippen molar-refractivity contribution in [2.24, 2.45) is 5.73 Å². The number of hydrogen-bond acceptors (Lipinski definition) is 4. The Labute approximate surface area is 61.8 Å². The van der Waals surface area contributed by atoms with Crippen molar-refractivity contribution in [1.29, 1.82) is 0 Å². The van der Waals surface area contributed by atoms with Gasteiger partial charge in [0, 0.05) is 0 Å². The fourth-order valence-corrected chi connectivity index (χ4v) is 0.939. The van der Waals surface area contributed by atoms with Crippen molar-refractivity contribution < 1.29 is 9.21 Å².